The molecule has 2 amide bonds. The summed E-state index contributed by atoms with van der Waals surface area (Å²) in [6.07, 6.45) is 1.28. The lowest BCUT2D eigenvalue weighted by Gasteiger charge is -2.31. The second-order valence-electron chi connectivity index (χ2n) is 4.42. The third-order valence-electron chi connectivity index (χ3n) is 2.78. The second-order valence-corrected chi connectivity index (χ2v) is 5.28. The van der Waals surface area contributed by atoms with Crippen molar-refractivity contribution in [3.8, 4) is 0 Å². The molecule has 0 unspecified atom stereocenters. The highest BCUT2D eigenvalue weighted by molar-refractivity contribution is 7.14. The number of nitrogens with one attached hydrogen (secondary N) is 2. The number of aliphatic hydroxyl groups is 1. The highest BCUT2D eigenvalue weighted by Gasteiger charge is 2.27. The van der Waals surface area contributed by atoms with Crippen LogP contribution >= 0.6 is 11.3 Å². The number of nitrogens with zero attached hydrogens (tertiary/aromatic N) is 1. The van der Waals surface area contributed by atoms with Gasteiger partial charge in [0.25, 0.3) is 5.91 Å². The Morgan fingerprint density at radius 1 is 1.56 bits per heavy atom. The van der Waals surface area contributed by atoms with Crippen LogP contribution in [0.5, 0.6) is 0 Å². The maximum Gasteiger partial charge on any atom is 0.270 e. The van der Waals surface area contributed by atoms with E-state index < -0.39 is 0 Å². The Hall–Kier alpha value is -1.47. The molecule has 2 rings (SSSR count). The first-order chi connectivity index (χ1) is 8.54. The van der Waals surface area contributed by atoms with Crippen molar-refractivity contribution in [2.24, 2.45) is 5.92 Å². The van der Waals surface area contributed by atoms with E-state index in [1.165, 1.54) is 18.3 Å². The molecule has 7 heteroatoms. The third-order valence-corrected chi connectivity index (χ3v) is 3.54. The van der Waals surface area contributed by atoms with E-state index in [0.29, 0.717) is 23.3 Å². The first-order valence-electron chi connectivity index (χ1n) is 5.74. The monoisotopic (exact) mass is 269 g/mol. The summed E-state index contributed by atoms with van der Waals surface area (Å²) >= 11 is 1.22. The largest absolute Gasteiger partial charge is 0.393 e. The zero-order valence-corrected chi connectivity index (χ0v) is 10.8. The van der Waals surface area contributed by atoms with E-state index in [1.807, 2.05) is 0 Å². The molecule has 0 atom stereocenters. The zero-order valence-electron chi connectivity index (χ0n) is 9.97. The van der Waals surface area contributed by atoms with Crippen molar-refractivity contribution >= 4 is 28.3 Å². The number of anilines is 1. The van der Waals surface area contributed by atoms with Crippen molar-refractivity contribution in [3.05, 3.63) is 11.1 Å². The molecule has 18 heavy (non-hydrogen) atoms. The molecule has 0 radical (unpaired) electrons. The Morgan fingerprint density at radius 2 is 2.28 bits per heavy atom. The summed E-state index contributed by atoms with van der Waals surface area (Å²) in [6.45, 7) is 1.95. The van der Waals surface area contributed by atoms with Crippen LogP contribution in [0, 0.1) is 5.92 Å². The average molecular weight is 269 g/mol. The lowest BCUT2D eigenvalue weighted by Crippen LogP contribution is -2.38. The predicted octanol–water partition coefficient (Wildman–Crippen LogP) is 0.602. The molecular formula is C11H15N3O3S. The standard InChI is InChI=1S/C11H15N3O3S/c1-6(15)13-11-14-9(5-18-11)10(17)12-4-7-2-8(16)3-7/h5,7-8,16H,2-4H2,1H3,(H,12,17)(H,13,14,15). The summed E-state index contributed by atoms with van der Waals surface area (Å²) < 4.78 is 0. The molecule has 0 aromatic carbocycles. The molecule has 0 aliphatic heterocycles. The molecule has 1 aliphatic carbocycles. The number of hydrogen-bond donors (Lipinski definition) is 3. The van der Waals surface area contributed by atoms with Gasteiger partial charge in [0.1, 0.15) is 5.69 Å². The topological polar surface area (TPSA) is 91.3 Å². The maximum absolute atomic E-state index is 11.7. The van der Waals surface area contributed by atoms with Crippen molar-refractivity contribution in [2.45, 2.75) is 25.9 Å². The van der Waals surface area contributed by atoms with E-state index in [1.54, 1.807) is 5.38 Å². The number of aromatic nitrogens is 1. The first kappa shape index (κ1) is 13.0. The highest BCUT2D eigenvalue weighted by Crippen LogP contribution is 2.26. The van der Waals surface area contributed by atoms with Crippen LogP contribution in [0.15, 0.2) is 5.38 Å². The van der Waals surface area contributed by atoms with Crippen LogP contribution in [0.2, 0.25) is 0 Å². The van der Waals surface area contributed by atoms with Gasteiger partial charge in [-0.05, 0) is 18.8 Å². The van der Waals surface area contributed by atoms with E-state index in [9.17, 15) is 9.59 Å². The van der Waals surface area contributed by atoms with Crippen molar-refractivity contribution in [2.75, 3.05) is 11.9 Å². The molecule has 0 saturated heterocycles. The summed E-state index contributed by atoms with van der Waals surface area (Å²) in [4.78, 5) is 26.6. The SMILES string of the molecule is CC(=O)Nc1nc(C(=O)NCC2CC(O)C2)cs1. The van der Waals surface area contributed by atoms with Crippen molar-refractivity contribution in [3.63, 3.8) is 0 Å². The smallest absolute Gasteiger partial charge is 0.270 e. The Balaban J connectivity index is 1.81. The first-order valence-corrected chi connectivity index (χ1v) is 6.62. The van der Waals surface area contributed by atoms with Crippen molar-refractivity contribution < 1.29 is 14.7 Å². The Bertz CT molecular complexity index is 454. The molecule has 1 saturated carbocycles. The van der Waals surface area contributed by atoms with Crippen LogP contribution in [0.4, 0.5) is 5.13 Å². The number of aliphatic hydroxyl groups excluding tert-OH is 1. The van der Waals surface area contributed by atoms with Crippen LogP contribution in [0.25, 0.3) is 0 Å². The molecule has 3 N–H and O–H groups in total. The van der Waals surface area contributed by atoms with Crippen LogP contribution in [-0.2, 0) is 4.79 Å². The number of hydrogen-bond acceptors (Lipinski definition) is 5. The second kappa shape index (κ2) is 5.45. The maximum atomic E-state index is 11.7. The zero-order chi connectivity index (χ0) is 13.1. The average Bonchev–Trinajstić information content (AvgIpc) is 2.70. The van der Waals surface area contributed by atoms with Crippen LogP contribution in [0.1, 0.15) is 30.3 Å². The molecule has 0 spiro atoms. The highest BCUT2D eigenvalue weighted by atomic mass is 32.1. The Labute approximate surface area is 108 Å². The minimum atomic E-state index is -0.246. The fourth-order valence-corrected chi connectivity index (χ4v) is 2.52. The number of carbonyl (C=O) groups is 2. The molecule has 1 fully saturated rings. The summed E-state index contributed by atoms with van der Waals surface area (Å²) in [5.41, 5.74) is 0.309. The van der Waals surface area contributed by atoms with Gasteiger partial charge in [0, 0.05) is 18.8 Å². The number of amides is 2. The Morgan fingerprint density at radius 3 is 2.89 bits per heavy atom. The molecule has 98 valence electrons. The normalized spacial score (nSPS) is 22.1. The van der Waals surface area contributed by atoms with Crippen molar-refractivity contribution in [1.82, 2.24) is 10.3 Å². The molecule has 1 heterocycles. The minimum absolute atomic E-state index is 0.209. The van der Waals surface area contributed by atoms with Gasteiger partial charge in [0.15, 0.2) is 5.13 Å². The minimum Gasteiger partial charge on any atom is -0.393 e. The molecule has 1 aromatic heterocycles. The summed E-state index contributed by atoms with van der Waals surface area (Å²) in [7, 11) is 0. The third kappa shape index (κ3) is 3.27. The van der Waals surface area contributed by atoms with Gasteiger partial charge in [-0.25, -0.2) is 4.98 Å². The van der Waals surface area contributed by atoms with Gasteiger partial charge in [0.2, 0.25) is 5.91 Å². The van der Waals surface area contributed by atoms with Gasteiger partial charge in [-0.2, -0.15) is 0 Å². The number of carbonyl (C=O) groups excluding carboxylic acids is 2. The van der Waals surface area contributed by atoms with Crippen molar-refractivity contribution in [1.29, 1.82) is 0 Å². The summed E-state index contributed by atoms with van der Waals surface area (Å²) in [6, 6.07) is 0. The Kier molecular flexibility index (Phi) is 3.93. The van der Waals surface area contributed by atoms with E-state index >= 15 is 0 Å². The van der Waals surface area contributed by atoms with Gasteiger partial charge in [0.05, 0.1) is 6.10 Å². The lowest BCUT2D eigenvalue weighted by molar-refractivity contribution is -0.114. The van der Waals surface area contributed by atoms with E-state index in [-0.39, 0.29) is 17.9 Å². The van der Waals surface area contributed by atoms with Gasteiger partial charge in [-0.15, -0.1) is 11.3 Å². The summed E-state index contributed by atoms with van der Waals surface area (Å²) in [5.74, 6) is -0.0959. The van der Waals surface area contributed by atoms with Gasteiger partial charge < -0.3 is 15.7 Å². The van der Waals surface area contributed by atoms with E-state index in [2.05, 4.69) is 15.6 Å². The van der Waals surface area contributed by atoms with Gasteiger partial charge in [-0.1, -0.05) is 0 Å². The van der Waals surface area contributed by atoms with Gasteiger partial charge in [-0.3, -0.25) is 9.59 Å². The van der Waals surface area contributed by atoms with E-state index in [4.69, 9.17) is 5.11 Å². The number of rotatable bonds is 4. The fourth-order valence-electron chi connectivity index (χ4n) is 1.78. The predicted molar refractivity (Wildman–Crippen MR) is 67.5 cm³/mol. The molecule has 1 aromatic rings. The summed E-state index contributed by atoms with van der Waals surface area (Å²) in [5, 5.41) is 16.5. The molecule has 1 aliphatic rings. The fraction of sp³-hybridized carbons (Fsp3) is 0.545. The van der Waals surface area contributed by atoms with Crippen LogP contribution < -0.4 is 10.6 Å². The molecule has 6 nitrogen and oxygen atoms in total. The van der Waals surface area contributed by atoms with Crippen LogP contribution in [0.3, 0.4) is 0 Å². The molecule has 0 bridgehead atoms. The van der Waals surface area contributed by atoms with Crippen LogP contribution in [-0.4, -0.2) is 34.6 Å². The quantitative estimate of drug-likeness (QED) is 0.746. The number of thiazole rings is 1. The van der Waals surface area contributed by atoms with E-state index in [0.717, 1.165) is 12.8 Å². The van der Waals surface area contributed by atoms with Gasteiger partial charge >= 0.3 is 0 Å². The lowest BCUT2D eigenvalue weighted by atomic mass is 9.82. The molecular weight excluding hydrogens is 254 g/mol.